The molecule has 0 saturated carbocycles. The second-order valence-corrected chi connectivity index (χ2v) is 9.36. The maximum Gasteiger partial charge on any atom is 0.253 e. The Labute approximate surface area is 172 Å². The number of sulfonamides is 1. The molecule has 0 atom stereocenters. The molecule has 0 aromatic heterocycles. The van der Waals surface area contributed by atoms with Crippen LogP contribution in [0.3, 0.4) is 0 Å². The van der Waals surface area contributed by atoms with Crippen LogP contribution < -0.4 is 5.32 Å². The topological polar surface area (TPSA) is 86.8 Å². The number of halogens is 1. The van der Waals surface area contributed by atoms with E-state index in [2.05, 4.69) is 21.2 Å². The van der Waals surface area contributed by atoms with Crippen LogP contribution in [0.25, 0.3) is 0 Å². The molecule has 0 aliphatic carbocycles. The lowest BCUT2D eigenvalue weighted by Crippen LogP contribution is -2.49. The number of nitrogens with zero attached hydrogens (tertiary/aromatic N) is 2. The molecular formula is C19H20BrN3O4S. The summed E-state index contributed by atoms with van der Waals surface area (Å²) in [6, 6.07) is 13.5. The van der Waals surface area contributed by atoms with Crippen LogP contribution in [0.15, 0.2) is 57.9 Å². The van der Waals surface area contributed by atoms with E-state index >= 15 is 0 Å². The number of hydrogen-bond acceptors (Lipinski definition) is 4. The second kappa shape index (κ2) is 8.42. The van der Waals surface area contributed by atoms with E-state index in [1.807, 2.05) is 24.3 Å². The molecule has 1 aliphatic heterocycles. The molecule has 0 bridgehead atoms. The molecule has 7 nitrogen and oxygen atoms in total. The van der Waals surface area contributed by atoms with Gasteiger partial charge in [0, 0.05) is 36.7 Å². The van der Waals surface area contributed by atoms with Gasteiger partial charge in [-0.15, -0.1) is 0 Å². The van der Waals surface area contributed by atoms with Crippen molar-refractivity contribution in [2.24, 2.45) is 0 Å². The zero-order valence-electron chi connectivity index (χ0n) is 15.3. The molecule has 1 heterocycles. The van der Waals surface area contributed by atoms with E-state index in [1.165, 1.54) is 23.1 Å². The molecule has 2 amide bonds. The summed E-state index contributed by atoms with van der Waals surface area (Å²) in [7, 11) is -2.18. The molecule has 1 fully saturated rings. The van der Waals surface area contributed by atoms with Gasteiger partial charge in [-0.1, -0.05) is 34.1 Å². The first-order valence-electron chi connectivity index (χ1n) is 8.64. The van der Waals surface area contributed by atoms with Crippen LogP contribution in [0.5, 0.6) is 0 Å². The summed E-state index contributed by atoms with van der Waals surface area (Å²) in [4.78, 5) is 25.8. The Kier molecular flexibility index (Phi) is 6.17. The summed E-state index contributed by atoms with van der Waals surface area (Å²) in [6.45, 7) is 0.654. The van der Waals surface area contributed by atoms with E-state index in [-0.39, 0.29) is 41.9 Å². The zero-order chi connectivity index (χ0) is 20.3. The fourth-order valence-corrected chi connectivity index (χ4v) is 4.62. The maximum absolute atomic E-state index is 12.8. The van der Waals surface area contributed by atoms with Gasteiger partial charge in [-0.25, -0.2) is 8.42 Å². The van der Waals surface area contributed by atoms with Crippen LogP contribution in [-0.2, 0) is 21.4 Å². The Hall–Kier alpha value is -2.23. The highest BCUT2D eigenvalue weighted by atomic mass is 79.9. The molecule has 0 unspecified atom stereocenters. The van der Waals surface area contributed by atoms with Gasteiger partial charge in [0.05, 0.1) is 11.4 Å². The molecular weight excluding hydrogens is 446 g/mol. The molecule has 148 valence electrons. The van der Waals surface area contributed by atoms with Gasteiger partial charge in [0.25, 0.3) is 5.91 Å². The highest BCUT2D eigenvalue weighted by Gasteiger charge is 2.29. The van der Waals surface area contributed by atoms with Crippen molar-refractivity contribution in [1.29, 1.82) is 0 Å². The molecule has 2 aromatic carbocycles. The summed E-state index contributed by atoms with van der Waals surface area (Å²) < 4.78 is 27.7. The van der Waals surface area contributed by atoms with Crippen molar-refractivity contribution in [3.05, 3.63) is 64.1 Å². The van der Waals surface area contributed by atoms with Crippen molar-refractivity contribution in [3.8, 4) is 0 Å². The average molecular weight is 466 g/mol. The number of rotatable bonds is 5. The summed E-state index contributed by atoms with van der Waals surface area (Å²) in [5, 5.41) is 2.60. The molecule has 1 aliphatic rings. The molecule has 1 N–H and O–H groups in total. The van der Waals surface area contributed by atoms with Gasteiger partial charge in [0.15, 0.2) is 0 Å². The number of piperazine rings is 1. The number of carbonyl (C=O) groups excluding carboxylic acids is 2. The van der Waals surface area contributed by atoms with Gasteiger partial charge in [0.2, 0.25) is 15.9 Å². The van der Waals surface area contributed by atoms with Gasteiger partial charge in [0.1, 0.15) is 0 Å². The van der Waals surface area contributed by atoms with Gasteiger partial charge < -0.3 is 10.2 Å². The van der Waals surface area contributed by atoms with Gasteiger partial charge >= 0.3 is 0 Å². The Bertz CT molecular complexity index is 992. The van der Waals surface area contributed by atoms with Crippen molar-refractivity contribution in [2.75, 3.05) is 26.7 Å². The van der Waals surface area contributed by atoms with Crippen LogP contribution >= 0.6 is 15.9 Å². The molecule has 28 heavy (non-hydrogen) atoms. The fourth-order valence-electron chi connectivity index (χ4n) is 2.91. The molecule has 0 radical (unpaired) electrons. The monoisotopic (exact) mass is 465 g/mol. The van der Waals surface area contributed by atoms with Gasteiger partial charge in [-0.3, -0.25) is 9.59 Å². The van der Waals surface area contributed by atoms with Crippen molar-refractivity contribution in [1.82, 2.24) is 14.5 Å². The lowest BCUT2D eigenvalue weighted by Gasteiger charge is -2.26. The number of nitrogens with one attached hydrogen (secondary N) is 1. The lowest BCUT2D eigenvalue weighted by molar-refractivity contribution is -0.122. The van der Waals surface area contributed by atoms with Crippen molar-refractivity contribution >= 4 is 37.8 Å². The van der Waals surface area contributed by atoms with Crippen LogP contribution in [0.4, 0.5) is 0 Å². The first kappa shape index (κ1) is 20.5. The third-order valence-corrected chi connectivity index (χ3v) is 6.77. The normalized spacial score (nSPS) is 15.1. The van der Waals surface area contributed by atoms with E-state index in [0.29, 0.717) is 6.54 Å². The number of benzene rings is 2. The Morgan fingerprint density at radius 1 is 1.21 bits per heavy atom. The van der Waals surface area contributed by atoms with Crippen molar-refractivity contribution in [3.63, 3.8) is 0 Å². The maximum atomic E-state index is 12.8. The van der Waals surface area contributed by atoms with Crippen LogP contribution in [0.1, 0.15) is 15.9 Å². The van der Waals surface area contributed by atoms with E-state index < -0.39 is 10.0 Å². The lowest BCUT2D eigenvalue weighted by atomic mass is 10.1. The van der Waals surface area contributed by atoms with Crippen molar-refractivity contribution < 1.29 is 18.0 Å². The average Bonchev–Trinajstić information content (AvgIpc) is 2.69. The number of hydrogen-bond donors (Lipinski definition) is 1. The highest BCUT2D eigenvalue weighted by molar-refractivity contribution is 9.10. The fraction of sp³-hybridized carbons (Fsp3) is 0.263. The largest absolute Gasteiger partial charge is 0.354 e. The first-order chi connectivity index (χ1) is 13.3. The summed E-state index contributed by atoms with van der Waals surface area (Å²) in [6.07, 6.45) is 0. The molecule has 1 saturated heterocycles. The minimum absolute atomic E-state index is 0.00471. The van der Waals surface area contributed by atoms with Gasteiger partial charge in [-0.2, -0.15) is 4.31 Å². The number of carbonyl (C=O) groups is 2. The Balaban J connectivity index is 1.79. The van der Waals surface area contributed by atoms with Crippen LogP contribution in [0, 0.1) is 0 Å². The summed E-state index contributed by atoms with van der Waals surface area (Å²) in [5.74, 6) is -0.618. The zero-order valence-corrected chi connectivity index (χ0v) is 17.7. The van der Waals surface area contributed by atoms with E-state index in [9.17, 15) is 18.0 Å². The molecule has 3 rings (SSSR count). The Morgan fingerprint density at radius 2 is 1.93 bits per heavy atom. The first-order valence-corrected chi connectivity index (χ1v) is 10.9. The standard InChI is InChI=1S/C19H20BrN3O4S/c1-22(12-14-5-7-16(20)8-6-14)19(25)15-3-2-4-17(11-15)28(26,27)23-10-9-21-18(24)13-23/h2-8,11H,9-10,12-13H2,1H3,(H,21,24). The molecule has 0 spiro atoms. The van der Waals surface area contributed by atoms with Crippen LogP contribution in [0.2, 0.25) is 0 Å². The summed E-state index contributed by atoms with van der Waals surface area (Å²) >= 11 is 3.37. The predicted octanol–water partition coefficient (Wildman–Crippen LogP) is 1.84. The smallest absolute Gasteiger partial charge is 0.253 e. The second-order valence-electron chi connectivity index (χ2n) is 6.50. The van der Waals surface area contributed by atoms with E-state index in [1.54, 1.807) is 13.1 Å². The van der Waals surface area contributed by atoms with Gasteiger partial charge in [-0.05, 0) is 35.9 Å². The third kappa shape index (κ3) is 4.60. The minimum atomic E-state index is -3.84. The molecule has 2 aromatic rings. The summed E-state index contributed by atoms with van der Waals surface area (Å²) in [5.41, 5.74) is 1.24. The number of amides is 2. The minimum Gasteiger partial charge on any atom is -0.354 e. The predicted molar refractivity (Wildman–Crippen MR) is 108 cm³/mol. The van der Waals surface area contributed by atoms with Crippen molar-refractivity contribution in [2.45, 2.75) is 11.4 Å². The SMILES string of the molecule is CN(Cc1ccc(Br)cc1)C(=O)c1cccc(S(=O)(=O)N2CCNC(=O)C2)c1. The van der Waals surface area contributed by atoms with Crippen LogP contribution in [-0.4, -0.2) is 56.1 Å². The van der Waals surface area contributed by atoms with E-state index in [0.717, 1.165) is 14.3 Å². The highest BCUT2D eigenvalue weighted by Crippen LogP contribution is 2.19. The van der Waals surface area contributed by atoms with E-state index in [4.69, 9.17) is 0 Å². The molecule has 9 heteroatoms. The third-order valence-electron chi connectivity index (χ3n) is 4.40. The quantitative estimate of drug-likeness (QED) is 0.729. The Morgan fingerprint density at radius 3 is 2.61 bits per heavy atom.